The Morgan fingerprint density at radius 1 is 1.03 bits per heavy atom. The van der Waals surface area contributed by atoms with Gasteiger partial charge in [-0.2, -0.15) is 0 Å². The minimum Gasteiger partial charge on any atom is -0.398 e. The number of rotatable bonds is 4. The molecule has 1 aliphatic heterocycles. The van der Waals surface area contributed by atoms with E-state index in [4.69, 9.17) is 5.73 Å². The Labute approximate surface area is 206 Å². The highest BCUT2D eigenvalue weighted by Gasteiger charge is 2.37. The van der Waals surface area contributed by atoms with Crippen molar-refractivity contribution in [2.45, 2.75) is 53.0 Å². The molecule has 3 aromatic carbocycles. The first-order valence-electron chi connectivity index (χ1n) is 11.8. The van der Waals surface area contributed by atoms with Gasteiger partial charge in [0.05, 0.1) is 18.0 Å². The standard InChI is InChI=1S/C29H31N3O3/c1-16-13-17(2)23(18(3)14-16)15-26(33)31-20(5)29(35)32-25-12-8-11-24(30)27(25)22-10-7-6-9-21(22)19(4)28(32)34/h6-14,19-20H,15,30H2,1-5H3,(H,31,33)/t19?,20-/m0/s1. The van der Waals surface area contributed by atoms with E-state index in [1.54, 1.807) is 32.0 Å². The summed E-state index contributed by atoms with van der Waals surface area (Å²) in [5.74, 6) is -1.67. The number of nitrogen functional groups attached to an aromatic ring is 1. The van der Waals surface area contributed by atoms with Crippen LogP contribution in [0.4, 0.5) is 11.4 Å². The van der Waals surface area contributed by atoms with Gasteiger partial charge in [0.25, 0.3) is 5.91 Å². The quantitative estimate of drug-likeness (QED) is 0.547. The number of nitrogens with zero attached hydrogens (tertiary/aromatic N) is 1. The van der Waals surface area contributed by atoms with Crippen LogP contribution in [0.15, 0.2) is 54.6 Å². The minimum absolute atomic E-state index is 0.162. The van der Waals surface area contributed by atoms with Crippen molar-refractivity contribution in [3.63, 3.8) is 0 Å². The van der Waals surface area contributed by atoms with Gasteiger partial charge in [-0.3, -0.25) is 14.4 Å². The fraction of sp³-hybridized carbons (Fsp3) is 0.276. The fourth-order valence-electron chi connectivity index (χ4n) is 5.01. The van der Waals surface area contributed by atoms with Gasteiger partial charge >= 0.3 is 0 Å². The van der Waals surface area contributed by atoms with Gasteiger partial charge in [-0.25, -0.2) is 4.90 Å². The number of benzene rings is 3. The zero-order valence-electron chi connectivity index (χ0n) is 20.8. The third-order valence-corrected chi connectivity index (χ3v) is 6.75. The monoisotopic (exact) mass is 469 g/mol. The van der Waals surface area contributed by atoms with E-state index < -0.39 is 17.9 Å². The molecular formula is C29H31N3O3. The van der Waals surface area contributed by atoms with E-state index in [9.17, 15) is 14.4 Å². The van der Waals surface area contributed by atoms with Gasteiger partial charge in [0, 0.05) is 11.3 Å². The second-order valence-electron chi connectivity index (χ2n) is 9.41. The number of fused-ring (bicyclic) bond motifs is 3. The van der Waals surface area contributed by atoms with Crippen LogP contribution in [-0.4, -0.2) is 23.8 Å². The van der Waals surface area contributed by atoms with Crippen molar-refractivity contribution < 1.29 is 14.4 Å². The lowest BCUT2D eigenvalue weighted by Crippen LogP contribution is -2.50. The number of aryl methyl sites for hydroxylation is 3. The smallest absolute Gasteiger partial charge is 0.256 e. The van der Waals surface area contributed by atoms with Gasteiger partial charge in [0.2, 0.25) is 11.8 Å². The number of nitrogens with one attached hydrogen (secondary N) is 1. The summed E-state index contributed by atoms with van der Waals surface area (Å²) in [7, 11) is 0. The van der Waals surface area contributed by atoms with E-state index in [1.807, 2.05) is 57.2 Å². The summed E-state index contributed by atoms with van der Waals surface area (Å²) in [5, 5.41) is 2.80. The average molecular weight is 470 g/mol. The lowest BCUT2D eigenvalue weighted by Gasteiger charge is -2.27. The third kappa shape index (κ3) is 4.44. The molecule has 6 nitrogen and oxygen atoms in total. The van der Waals surface area contributed by atoms with Gasteiger partial charge in [-0.05, 0) is 74.6 Å². The molecule has 0 saturated heterocycles. The van der Waals surface area contributed by atoms with Crippen molar-refractivity contribution >= 4 is 29.1 Å². The first kappa shape index (κ1) is 24.2. The highest BCUT2D eigenvalue weighted by atomic mass is 16.2. The van der Waals surface area contributed by atoms with Gasteiger partial charge in [-0.15, -0.1) is 0 Å². The van der Waals surface area contributed by atoms with Crippen LogP contribution < -0.4 is 16.0 Å². The second-order valence-corrected chi connectivity index (χ2v) is 9.41. The molecule has 35 heavy (non-hydrogen) atoms. The molecule has 3 N–H and O–H groups in total. The van der Waals surface area contributed by atoms with Crippen molar-refractivity contribution in [1.29, 1.82) is 0 Å². The zero-order valence-corrected chi connectivity index (χ0v) is 20.8. The average Bonchev–Trinajstić information content (AvgIpc) is 2.89. The van der Waals surface area contributed by atoms with Crippen LogP contribution in [-0.2, 0) is 20.8 Å². The van der Waals surface area contributed by atoms with Crippen LogP contribution in [0.5, 0.6) is 0 Å². The van der Waals surface area contributed by atoms with Crippen LogP contribution in [0.2, 0.25) is 0 Å². The maximum atomic E-state index is 13.6. The number of carbonyl (C=O) groups excluding carboxylic acids is 3. The first-order chi connectivity index (χ1) is 16.6. The molecule has 0 bridgehead atoms. The van der Waals surface area contributed by atoms with E-state index in [2.05, 4.69) is 5.32 Å². The first-order valence-corrected chi connectivity index (χ1v) is 11.8. The lowest BCUT2D eigenvalue weighted by atomic mass is 9.92. The van der Waals surface area contributed by atoms with Gasteiger partial charge in [0.15, 0.2) is 0 Å². The molecule has 2 atom stereocenters. The molecule has 0 spiro atoms. The van der Waals surface area contributed by atoms with E-state index >= 15 is 0 Å². The number of anilines is 2. The summed E-state index contributed by atoms with van der Waals surface area (Å²) in [5.41, 5.74) is 13.7. The van der Waals surface area contributed by atoms with Crippen molar-refractivity contribution in [3.8, 4) is 11.1 Å². The molecule has 0 saturated carbocycles. The number of hydrogen-bond donors (Lipinski definition) is 2. The summed E-state index contributed by atoms with van der Waals surface area (Å²) >= 11 is 0. The largest absolute Gasteiger partial charge is 0.398 e. The number of carbonyl (C=O) groups is 3. The molecule has 1 aliphatic rings. The molecule has 0 aromatic heterocycles. The summed E-state index contributed by atoms with van der Waals surface area (Å²) in [6.07, 6.45) is 0.162. The molecule has 180 valence electrons. The summed E-state index contributed by atoms with van der Waals surface area (Å²) in [6, 6.07) is 16.0. The van der Waals surface area contributed by atoms with Crippen LogP contribution in [0.3, 0.4) is 0 Å². The number of nitrogens with two attached hydrogens (primary N) is 1. The summed E-state index contributed by atoms with van der Waals surface area (Å²) in [4.78, 5) is 41.3. The number of imide groups is 1. The molecule has 0 radical (unpaired) electrons. The number of hydrogen-bond acceptors (Lipinski definition) is 4. The summed E-state index contributed by atoms with van der Waals surface area (Å²) in [6.45, 7) is 9.38. The van der Waals surface area contributed by atoms with Crippen LogP contribution in [0, 0.1) is 20.8 Å². The minimum atomic E-state index is -0.903. The SMILES string of the molecule is Cc1cc(C)c(CC(=O)N[C@@H](C)C(=O)N2C(=O)C(C)c3ccccc3-c3c(N)cccc32)c(C)c1. The van der Waals surface area contributed by atoms with Crippen molar-refractivity contribution in [3.05, 3.63) is 82.4 Å². The Kier molecular flexibility index (Phi) is 6.48. The Hall–Kier alpha value is -3.93. The molecule has 4 rings (SSSR count). The van der Waals surface area contributed by atoms with Crippen molar-refractivity contribution in [2.75, 3.05) is 10.6 Å². The Morgan fingerprint density at radius 3 is 2.37 bits per heavy atom. The van der Waals surface area contributed by atoms with E-state index in [0.717, 1.165) is 33.4 Å². The van der Waals surface area contributed by atoms with Gasteiger partial charge < -0.3 is 11.1 Å². The number of amides is 3. The summed E-state index contributed by atoms with van der Waals surface area (Å²) < 4.78 is 0. The van der Waals surface area contributed by atoms with Gasteiger partial charge in [0.1, 0.15) is 6.04 Å². The highest BCUT2D eigenvalue weighted by molar-refractivity contribution is 6.22. The predicted molar refractivity (Wildman–Crippen MR) is 139 cm³/mol. The Morgan fingerprint density at radius 2 is 1.69 bits per heavy atom. The van der Waals surface area contributed by atoms with Crippen LogP contribution >= 0.6 is 0 Å². The lowest BCUT2D eigenvalue weighted by molar-refractivity contribution is -0.131. The maximum Gasteiger partial charge on any atom is 0.256 e. The highest BCUT2D eigenvalue weighted by Crippen LogP contribution is 2.44. The van der Waals surface area contributed by atoms with Gasteiger partial charge in [-0.1, -0.05) is 48.0 Å². The Balaban J connectivity index is 1.65. The van der Waals surface area contributed by atoms with E-state index in [0.29, 0.717) is 16.9 Å². The van der Waals surface area contributed by atoms with E-state index in [1.165, 1.54) is 4.90 Å². The van der Waals surface area contributed by atoms with Crippen molar-refractivity contribution in [2.24, 2.45) is 0 Å². The molecule has 0 aliphatic carbocycles. The molecule has 1 unspecified atom stereocenters. The molecule has 3 amide bonds. The fourth-order valence-corrected chi connectivity index (χ4v) is 5.01. The maximum absolute atomic E-state index is 13.6. The molecule has 0 fully saturated rings. The van der Waals surface area contributed by atoms with Crippen LogP contribution in [0.25, 0.3) is 11.1 Å². The molecule has 6 heteroatoms. The van der Waals surface area contributed by atoms with E-state index in [-0.39, 0.29) is 18.2 Å². The second kappa shape index (κ2) is 9.37. The van der Waals surface area contributed by atoms with Crippen LogP contribution in [0.1, 0.15) is 47.6 Å². The third-order valence-electron chi connectivity index (χ3n) is 6.75. The topological polar surface area (TPSA) is 92.5 Å². The molecule has 3 aromatic rings. The predicted octanol–water partition coefficient (Wildman–Crippen LogP) is 4.59. The van der Waals surface area contributed by atoms with Crippen molar-refractivity contribution in [1.82, 2.24) is 5.32 Å². The normalized spacial score (nSPS) is 15.6. The zero-order chi connectivity index (χ0) is 25.4. The molecule has 1 heterocycles. The Bertz CT molecular complexity index is 1320. The molecular weight excluding hydrogens is 438 g/mol.